The number of hydrogen-bond acceptors (Lipinski definition) is 5. The van der Waals surface area contributed by atoms with Gasteiger partial charge in [0.05, 0.1) is 12.2 Å². The number of ketones is 1. The molecule has 7 heteroatoms. The Balaban J connectivity index is 1.99. The van der Waals surface area contributed by atoms with E-state index in [0.717, 1.165) is 6.42 Å². The SMILES string of the molecule is CCCOC(=O)c1cccc(NC(=O)/C=C(/C)C(=O)Nc2ccc(C(C)=O)cc2)c1. The predicted molar refractivity (Wildman–Crippen MR) is 114 cm³/mol. The van der Waals surface area contributed by atoms with Crippen LogP contribution in [-0.2, 0) is 14.3 Å². The monoisotopic (exact) mass is 408 g/mol. The Hall–Kier alpha value is -3.74. The second-order valence-electron chi connectivity index (χ2n) is 6.62. The summed E-state index contributed by atoms with van der Waals surface area (Å²) < 4.78 is 5.08. The summed E-state index contributed by atoms with van der Waals surface area (Å²) in [7, 11) is 0. The van der Waals surface area contributed by atoms with Gasteiger partial charge in [-0.05, 0) is 62.7 Å². The molecule has 0 heterocycles. The first-order valence-electron chi connectivity index (χ1n) is 9.49. The second-order valence-corrected chi connectivity index (χ2v) is 6.62. The maximum absolute atomic E-state index is 12.3. The molecule has 0 aliphatic rings. The lowest BCUT2D eigenvalue weighted by molar-refractivity contribution is -0.114. The van der Waals surface area contributed by atoms with E-state index in [0.29, 0.717) is 29.1 Å². The first-order valence-corrected chi connectivity index (χ1v) is 9.49. The molecule has 0 fully saturated rings. The molecular formula is C23H24N2O5. The van der Waals surface area contributed by atoms with Gasteiger partial charge < -0.3 is 15.4 Å². The zero-order valence-corrected chi connectivity index (χ0v) is 17.2. The number of hydrogen-bond donors (Lipinski definition) is 2. The minimum atomic E-state index is -0.506. The van der Waals surface area contributed by atoms with Gasteiger partial charge in [-0.2, -0.15) is 0 Å². The molecule has 156 valence electrons. The molecule has 0 saturated carbocycles. The number of rotatable bonds is 8. The van der Waals surface area contributed by atoms with Crippen molar-refractivity contribution in [1.29, 1.82) is 0 Å². The van der Waals surface area contributed by atoms with E-state index in [1.165, 1.54) is 26.0 Å². The molecule has 7 nitrogen and oxygen atoms in total. The molecule has 0 saturated heterocycles. The van der Waals surface area contributed by atoms with Gasteiger partial charge >= 0.3 is 5.97 Å². The van der Waals surface area contributed by atoms with E-state index in [1.807, 2.05) is 6.92 Å². The molecule has 0 aliphatic carbocycles. The van der Waals surface area contributed by atoms with Crippen molar-refractivity contribution < 1.29 is 23.9 Å². The molecule has 2 amide bonds. The third kappa shape index (κ3) is 6.70. The summed E-state index contributed by atoms with van der Waals surface area (Å²) in [5.74, 6) is -1.48. The fourth-order valence-electron chi connectivity index (χ4n) is 2.46. The van der Waals surface area contributed by atoms with Crippen molar-refractivity contribution in [1.82, 2.24) is 0 Å². The summed E-state index contributed by atoms with van der Waals surface area (Å²) in [5, 5.41) is 5.28. The number of ether oxygens (including phenoxy) is 1. The zero-order valence-electron chi connectivity index (χ0n) is 17.2. The van der Waals surface area contributed by atoms with Crippen molar-refractivity contribution in [3.8, 4) is 0 Å². The van der Waals surface area contributed by atoms with Gasteiger partial charge in [0.2, 0.25) is 5.91 Å². The largest absolute Gasteiger partial charge is 0.462 e. The molecule has 0 aromatic heterocycles. The normalized spacial score (nSPS) is 10.8. The topological polar surface area (TPSA) is 102 Å². The summed E-state index contributed by atoms with van der Waals surface area (Å²) >= 11 is 0. The number of benzene rings is 2. The van der Waals surface area contributed by atoms with E-state index in [1.54, 1.807) is 42.5 Å². The molecule has 0 radical (unpaired) electrons. The summed E-state index contributed by atoms with van der Waals surface area (Å²) in [6.07, 6.45) is 1.89. The van der Waals surface area contributed by atoms with Crippen molar-refractivity contribution in [3.63, 3.8) is 0 Å². The van der Waals surface area contributed by atoms with Gasteiger partial charge in [0, 0.05) is 28.6 Å². The third-order valence-corrected chi connectivity index (χ3v) is 4.06. The van der Waals surface area contributed by atoms with Crippen LogP contribution in [0.15, 0.2) is 60.2 Å². The summed E-state index contributed by atoms with van der Waals surface area (Å²) in [6, 6.07) is 12.8. The average molecular weight is 408 g/mol. The standard InChI is InChI=1S/C23H24N2O5/c1-4-12-30-23(29)18-6-5-7-20(14-18)24-21(27)13-15(2)22(28)25-19-10-8-17(9-11-19)16(3)26/h5-11,13-14H,4,12H2,1-3H3,(H,24,27)(H,25,28)/b15-13-. The Morgan fingerprint density at radius 1 is 0.900 bits per heavy atom. The van der Waals surface area contributed by atoms with Crippen LogP contribution in [0.5, 0.6) is 0 Å². The van der Waals surface area contributed by atoms with Crippen LogP contribution in [-0.4, -0.2) is 30.2 Å². The number of carbonyl (C=O) groups excluding carboxylic acids is 4. The van der Waals surface area contributed by atoms with E-state index in [-0.39, 0.29) is 11.4 Å². The van der Waals surface area contributed by atoms with Crippen LogP contribution in [0, 0.1) is 0 Å². The molecule has 2 N–H and O–H groups in total. The fourth-order valence-corrected chi connectivity index (χ4v) is 2.46. The highest BCUT2D eigenvalue weighted by atomic mass is 16.5. The van der Waals surface area contributed by atoms with E-state index in [4.69, 9.17) is 4.74 Å². The van der Waals surface area contributed by atoms with Crippen LogP contribution >= 0.6 is 0 Å². The molecule has 0 unspecified atom stereocenters. The van der Waals surface area contributed by atoms with Crippen molar-refractivity contribution >= 4 is 34.9 Å². The van der Waals surface area contributed by atoms with Crippen molar-refractivity contribution in [2.45, 2.75) is 27.2 Å². The summed E-state index contributed by atoms with van der Waals surface area (Å²) in [6.45, 7) is 5.19. The molecule has 30 heavy (non-hydrogen) atoms. The van der Waals surface area contributed by atoms with Gasteiger partial charge in [0.1, 0.15) is 0 Å². The minimum absolute atomic E-state index is 0.0664. The van der Waals surface area contributed by atoms with Crippen LogP contribution in [0.2, 0.25) is 0 Å². The quantitative estimate of drug-likeness (QED) is 0.391. The van der Waals surface area contributed by atoms with Gasteiger partial charge in [-0.3, -0.25) is 14.4 Å². The molecule has 0 bridgehead atoms. The highest BCUT2D eigenvalue weighted by molar-refractivity contribution is 6.10. The Labute approximate surface area is 175 Å². The molecule has 0 aliphatic heterocycles. The number of Topliss-reactive ketones (excluding diaryl/α,β-unsaturated/α-hetero) is 1. The Kier molecular flexibility index (Phi) is 8.05. The predicted octanol–water partition coefficient (Wildman–Crippen LogP) is 3.98. The number of esters is 1. The lowest BCUT2D eigenvalue weighted by Crippen LogP contribution is -2.16. The maximum Gasteiger partial charge on any atom is 0.338 e. The van der Waals surface area contributed by atoms with Gasteiger partial charge in [-0.25, -0.2) is 4.79 Å². The summed E-state index contributed by atoms with van der Waals surface area (Å²) in [4.78, 5) is 47.7. The van der Waals surface area contributed by atoms with E-state index in [9.17, 15) is 19.2 Å². The molecule has 2 aromatic carbocycles. The van der Waals surface area contributed by atoms with Gasteiger partial charge in [-0.15, -0.1) is 0 Å². The highest BCUT2D eigenvalue weighted by Gasteiger charge is 2.10. The zero-order chi connectivity index (χ0) is 22.1. The minimum Gasteiger partial charge on any atom is -0.462 e. The maximum atomic E-state index is 12.3. The Morgan fingerprint density at radius 2 is 1.60 bits per heavy atom. The van der Waals surface area contributed by atoms with Crippen LogP contribution in [0.1, 0.15) is 47.9 Å². The van der Waals surface area contributed by atoms with Crippen LogP contribution in [0.25, 0.3) is 0 Å². The second kappa shape index (κ2) is 10.7. The highest BCUT2D eigenvalue weighted by Crippen LogP contribution is 2.14. The number of amides is 2. The lowest BCUT2D eigenvalue weighted by atomic mass is 10.1. The Bertz CT molecular complexity index is 977. The van der Waals surface area contributed by atoms with Crippen molar-refractivity contribution in [2.75, 3.05) is 17.2 Å². The van der Waals surface area contributed by atoms with Crippen LogP contribution < -0.4 is 10.6 Å². The first-order chi connectivity index (χ1) is 14.3. The van der Waals surface area contributed by atoms with Gasteiger partial charge in [-0.1, -0.05) is 13.0 Å². The number of carbonyl (C=O) groups is 4. The molecular weight excluding hydrogens is 384 g/mol. The van der Waals surface area contributed by atoms with Crippen LogP contribution in [0.4, 0.5) is 11.4 Å². The number of nitrogens with one attached hydrogen (secondary N) is 2. The van der Waals surface area contributed by atoms with Gasteiger partial charge in [0.15, 0.2) is 5.78 Å². The fraction of sp³-hybridized carbons (Fsp3) is 0.217. The van der Waals surface area contributed by atoms with Crippen LogP contribution in [0.3, 0.4) is 0 Å². The molecule has 2 aromatic rings. The molecule has 2 rings (SSSR count). The van der Waals surface area contributed by atoms with Crippen molar-refractivity contribution in [3.05, 3.63) is 71.3 Å². The van der Waals surface area contributed by atoms with E-state index in [2.05, 4.69) is 10.6 Å². The first kappa shape index (κ1) is 22.5. The number of anilines is 2. The molecule has 0 atom stereocenters. The average Bonchev–Trinajstić information content (AvgIpc) is 2.72. The van der Waals surface area contributed by atoms with E-state index < -0.39 is 17.8 Å². The van der Waals surface area contributed by atoms with E-state index >= 15 is 0 Å². The lowest BCUT2D eigenvalue weighted by Gasteiger charge is -2.08. The smallest absolute Gasteiger partial charge is 0.338 e. The van der Waals surface area contributed by atoms with Gasteiger partial charge in [0.25, 0.3) is 5.91 Å². The third-order valence-electron chi connectivity index (χ3n) is 4.06. The Morgan fingerprint density at radius 3 is 2.23 bits per heavy atom. The summed E-state index contributed by atoms with van der Waals surface area (Å²) in [5.41, 5.74) is 1.99. The van der Waals surface area contributed by atoms with Crippen molar-refractivity contribution in [2.24, 2.45) is 0 Å². The molecule has 0 spiro atoms.